The van der Waals surface area contributed by atoms with Crippen molar-refractivity contribution < 1.29 is 5.11 Å². The highest BCUT2D eigenvalue weighted by molar-refractivity contribution is 5.30. The van der Waals surface area contributed by atoms with Crippen LogP contribution in [0, 0.1) is 0 Å². The molecule has 0 spiro atoms. The second-order valence-corrected chi connectivity index (χ2v) is 5.45. The molecule has 2 atom stereocenters. The van der Waals surface area contributed by atoms with Crippen LogP contribution >= 0.6 is 0 Å². The van der Waals surface area contributed by atoms with Crippen molar-refractivity contribution in [2.24, 2.45) is 0 Å². The van der Waals surface area contributed by atoms with E-state index in [0.29, 0.717) is 13.1 Å². The van der Waals surface area contributed by atoms with Crippen LogP contribution in [-0.4, -0.2) is 48.3 Å². The molecule has 1 heterocycles. The van der Waals surface area contributed by atoms with Crippen LogP contribution in [-0.2, 0) is 0 Å². The van der Waals surface area contributed by atoms with Crippen molar-refractivity contribution in [2.45, 2.75) is 12.1 Å². The fourth-order valence-corrected chi connectivity index (χ4v) is 2.37. The minimum atomic E-state index is -0.395. The van der Waals surface area contributed by atoms with Gasteiger partial charge in [-0.3, -0.25) is 4.98 Å². The second kappa shape index (κ2) is 7.88. The Labute approximate surface area is 126 Å². The van der Waals surface area contributed by atoms with Gasteiger partial charge in [-0.1, -0.05) is 30.3 Å². The lowest BCUT2D eigenvalue weighted by Crippen LogP contribution is -2.37. The molecule has 4 nitrogen and oxygen atoms in total. The number of likely N-dealkylation sites (N-methyl/N-ethyl adjacent to an activating group) is 1. The molecule has 2 N–H and O–H groups in total. The van der Waals surface area contributed by atoms with Crippen LogP contribution in [0.25, 0.3) is 0 Å². The molecule has 0 aliphatic carbocycles. The van der Waals surface area contributed by atoms with Gasteiger partial charge in [-0.15, -0.1) is 0 Å². The van der Waals surface area contributed by atoms with E-state index in [-0.39, 0.29) is 6.04 Å². The summed E-state index contributed by atoms with van der Waals surface area (Å²) in [6, 6.07) is 14.3. The van der Waals surface area contributed by atoms with Gasteiger partial charge in [-0.25, -0.2) is 0 Å². The number of hydrogen-bond donors (Lipinski definition) is 2. The number of nitrogens with zero attached hydrogens (tertiary/aromatic N) is 2. The molecule has 0 fully saturated rings. The average Bonchev–Trinajstić information content (AvgIpc) is 2.49. The zero-order chi connectivity index (χ0) is 15.1. The zero-order valence-electron chi connectivity index (χ0n) is 12.6. The maximum absolute atomic E-state index is 10.0. The molecule has 21 heavy (non-hydrogen) atoms. The standard InChI is InChI=1S/C17H23N3O/c1-20(2)13-16(21)12-19-17(14-6-4-3-5-7-14)15-8-10-18-11-9-15/h3-11,16-17,19,21H,12-13H2,1-2H3. The van der Waals surface area contributed by atoms with Crippen LogP contribution < -0.4 is 5.32 Å². The first-order valence-corrected chi connectivity index (χ1v) is 7.18. The highest BCUT2D eigenvalue weighted by Gasteiger charge is 2.15. The largest absolute Gasteiger partial charge is 0.390 e. The van der Waals surface area contributed by atoms with E-state index < -0.39 is 6.10 Å². The Hall–Kier alpha value is -1.75. The van der Waals surface area contributed by atoms with E-state index in [1.165, 1.54) is 5.56 Å². The smallest absolute Gasteiger partial charge is 0.0791 e. The van der Waals surface area contributed by atoms with Crippen molar-refractivity contribution in [1.82, 2.24) is 15.2 Å². The Morgan fingerprint density at radius 3 is 2.29 bits per heavy atom. The molecule has 4 heteroatoms. The van der Waals surface area contributed by atoms with E-state index in [9.17, 15) is 5.11 Å². The third kappa shape index (κ3) is 4.93. The number of pyridine rings is 1. The molecule has 112 valence electrons. The molecule has 0 aliphatic heterocycles. The second-order valence-electron chi connectivity index (χ2n) is 5.45. The topological polar surface area (TPSA) is 48.4 Å². The minimum absolute atomic E-state index is 0.0611. The van der Waals surface area contributed by atoms with Crippen molar-refractivity contribution in [3.8, 4) is 0 Å². The molecular formula is C17H23N3O. The van der Waals surface area contributed by atoms with Crippen molar-refractivity contribution >= 4 is 0 Å². The van der Waals surface area contributed by atoms with Crippen LogP contribution in [0.4, 0.5) is 0 Å². The van der Waals surface area contributed by atoms with E-state index >= 15 is 0 Å². The Balaban J connectivity index is 2.10. The summed E-state index contributed by atoms with van der Waals surface area (Å²) < 4.78 is 0. The molecule has 2 aromatic rings. The summed E-state index contributed by atoms with van der Waals surface area (Å²) >= 11 is 0. The Morgan fingerprint density at radius 2 is 1.67 bits per heavy atom. The Kier molecular flexibility index (Phi) is 5.87. The van der Waals surface area contributed by atoms with E-state index in [1.54, 1.807) is 12.4 Å². The molecule has 1 aromatic heterocycles. The molecule has 0 saturated carbocycles. The monoisotopic (exact) mass is 285 g/mol. The first-order valence-electron chi connectivity index (χ1n) is 7.18. The summed E-state index contributed by atoms with van der Waals surface area (Å²) in [7, 11) is 3.92. The number of aliphatic hydroxyl groups is 1. The van der Waals surface area contributed by atoms with Gasteiger partial charge in [0.1, 0.15) is 0 Å². The molecule has 0 radical (unpaired) electrons. The van der Waals surface area contributed by atoms with Crippen LogP contribution in [0.3, 0.4) is 0 Å². The summed E-state index contributed by atoms with van der Waals surface area (Å²) in [5, 5.41) is 13.5. The number of nitrogens with one attached hydrogen (secondary N) is 1. The fourth-order valence-electron chi connectivity index (χ4n) is 2.37. The fraction of sp³-hybridized carbons (Fsp3) is 0.353. The predicted molar refractivity (Wildman–Crippen MR) is 85.1 cm³/mol. The summed E-state index contributed by atoms with van der Waals surface area (Å²) in [5.74, 6) is 0. The minimum Gasteiger partial charge on any atom is -0.390 e. The van der Waals surface area contributed by atoms with Gasteiger partial charge in [0.15, 0.2) is 0 Å². The molecule has 0 bridgehead atoms. The van der Waals surface area contributed by atoms with Crippen molar-refractivity contribution in [1.29, 1.82) is 0 Å². The van der Waals surface area contributed by atoms with Gasteiger partial charge in [0.2, 0.25) is 0 Å². The first kappa shape index (κ1) is 15.6. The number of rotatable bonds is 7. The first-order chi connectivity index (χ1) is 10.2. The molecular weight excluding hydrogens is 262 g/mol. The van der Waals surface area contributed by atoms with Gasteiger partial charge in [-0.05, 0) is 37.4 Å². The van der Waals surface area contributed by atoms with Gasteiger partial charge >= 0.3 is 0 Å². The SMILES string of the molecule is CN(C)CC(O)CNC(c1ccccc1)c1ccncc1. The molecule has 1 aromatic carbocycles. The summed E-state index contributed by atoms with van der Waals surface area (Å²) in [6.07, 6.45) is 3.19. The summed E-state index contributed by atoms with van der Waals surface area (Å²) in [6.45, 7) is 1.19. The predicted octanol–water partition coefficient (Wildman–Crippen LogP) is 1.68. The zero-order valence-corrected chi connectivity index (χ0v) is 12.6. The van der Waals surface area contributed by atoms with E-state index in [2.05, 4.69) is 22.4 Å². The van der Waals surface area contributed by atoms with Gasteiger partial charge in [0, 0.05) is 25.5 Å². The lowest BCUT2D eigenvalue weighted by atomic mass is 9.99. The van der Waals surface area contributed by atoms with Crippen molar-refractivity contribution in [3.05, 3.63) is 66.0 Å². The molecule has 0 saturated heterocycles. The van der Waals surface area contributed by atoms with Crippen LogP contribution in [0.5, 0.6) is 0 Å². The average molecular weight is 285 g/mol. The lowest BCUT2D eigenvalue weighted by Gasteiger charge is -2.23. The number of hydrogen-bond acceptors (Lipinski definition) is 4. The van der Waals surface area contributed by atoms with E-state index in [1.807, 2.05) is 49.3 Å². The summed E-state index contributed by atoms with van der Waals surface area (Å²) in [5.41, 5.74) is 2.33. The maximum atomic E-state index is 10.0. The normalized spacial score (nSPS) is 14.1. The van der Waals surface area contributed by atoms with E-state index in [4.69, 9.17) is 0 Å². The van der Waals surface area contributed by atoms with Gasteiger partial charge in [0.25, 0.3) is 0 Å². The summed E-state index contributed by atoms with van der Waals surface area (Å²) in [4.78, 5) is 6.05. The van der Waals surface area contributed by atoms with Crippen LogP contribution in [0.15, 0.2) is 54.9 Å². The highest BCUT2D eigenvalue weighted by atomic mass is 16.3. The number of aliphatic hydroxyl groups excluding tert-OH is 1. The van der Waals surface area contributed by atoms with Gasteiger partial charge < -0.3 is 15.3 Å². The Bertz CT molecular complexity index is 477. The van der Waals surface area contributed by atoms with Crippen LogP contribution in [0.2, 0.25) is 0 Å². The molecule has 0 aliphatic rings. The lowest BCUT2D eigenvalue weighted by molar-refractivity contribution is 0.133. The molecule has 2 unspecified atom stereocenters. The third-order valence-electron chi connectivity index (χ3n) is 3.31. The number of aromatic nitrogens is 1. The quantitative estimate of drug-likeness (QED) is 0.812. The van der Waals surface area contributed by atoms with Crippen molar-refractivity contribution in [3.63, 3.8) is 0 Å². The molecule has 0 amide bonds. The highest BCUT2D eigenvalue weighted by Crippen LogP contribution is 2.21. The van der Waals surface area contributed by atoms with Gasteiger partial charge in [-0.2, -0.15) is 0 Å². The molecule has 2 rings (SSSR count). The van der Waals surface area contributed by atoms with Crippen molar-refractivity contribution in [2.75, 3.05) is 27.2 Å². The third-order valence-corrected chi connectivity index (χ3v) is 3.31. The van der Waals surface area contributed by atoms with Gasteiger partial charge in [0.05, 0.1) is 12.1 Å². The number of benzene rings is 1. The van der Waals surface area contributed by atoms with E-state index in [0.717, 1.165) is 5.56 Å². The van der Waals surface area contributed by atoms with Crippen LogP contribution in [0.1, 0.15) is 17.2 Å². The Morgan fingerprint density at radius 1 is 1.05 bits per heavy atom. The maximum Gasteiger partial charge on any atom is 0.0791 e.